The van der Waals surface area contributed by atoms with E-state index in [0.29, 0.717) is 11.6 Å². The lowest BCUT2D eigenvalue weighted by molar-refractivity contribution is 0.0947. The zero-order valence-corrected chi connectivity index (χ0v) is 9.89. The fourth-order valence-electron chi connectivity index (χ4n) is 1.76. The Bertz CT molecular complexity index is 545. The Kier molecular flexibility index (Phi) is 2.80. The third-order valence-corrected chi connectivity index (χ3v) is 3.05. The standard InChI is InChI=1S/C13H14N4O/c18-13(15-8-9-1-2-9)12-7-11(16-17-12)10-3-5-14-6-4-10/h3-7,9H,1-2,8H2,(H,15,18)(H,16,17). The highest BCUT2D eigenvalue weighted by Gasteiger charge is 2.22. The number of rotatable bonds is 4. The Morgan fingerprint density at radius 1 is 1.39 bits per heavy atom. The Labute approximate surface area is 105 Å². The second-order valence-electron chi connectivity index (χ2n) is 4.56. The fourth-order valence-corrected chi connectivity index (χ4v) is 1.76. The van der Waals surface area contributed by atoms with Gasteiger partial charge >= 0.3 is 0 Å². The highest BCUT2D eigenvalue weighted by Crippen LogP contribution is 2.27. The summed E-state index contributed by atoms with van der Waals surface area (Å²) in [6.07, 6.45) is 5.87. The molecule has 0 aliphatic heterocycles. The maximum absolute atomic E-state index is 11.8. The molecule has 0 atom stereocenters. The van der Waals surface area contributed by atoms with Crippen LogP contribution in [0.15, 0.2) is 30.6 Å². The van der Waals surface area contributed by atoms with E-state index in [1.165, 1.54) is 12.8 Å². The summed E-state index contributed by atoms with van der Waals surface area (Å²) in [7, 11) is 0. The Balaban J connectivity index is 1.70. The van der Waals surface area contributed by atoms with Crippen molar-refractivity contribution in [2.75, 3.05) is 6.54 Å². The number of carbonyl (C=O) groups is 1. The van der Waals surface area contributed by atoms with E-state index >= 15 is 0 Å². The molecule has 0 radical (unpaired) electrons. The fraction of sp³-hybridized carbons (Fsp3) is 0.308. The molecule has 0 aromatic carbocycles. The van der Waals surface area contributed by atoms with Crippen molar-refractivity contribution in [1.29, 1.82) is 0 Å². The molecular formula is C13H14N4O. The van der Waals surface area contributed by atoms with E-state index in [1.54, 1.807) is 18.5 Å². The van der Waals surface area contributed by atoms with Crippen LogP contribution >= 0.6 is 0 Å². The lowest BCUT2D eigenvalue weighted by atomic mass is 10.2. The number of hydrogen-bond donors (Lipinski definition) is 2. The SMILES string of the molecule is O=C(NCC1CC1)c1cc(-c2ccncc2)n[nH]1. The topological polar surface area (TPSA) is 70.7 Å². The summed E-state index contributed by atoms with van der Waals surface area (Å²) in [4.78, 5) is 15.8. The zero-order valence-electron chi connectivity index (χ0n) is 9.89. The lowest BCUT2D eigenvalue weighted by Gasteiger charge is -2.00. The van der Waals surface area contributed by atoms with Crippen LogP contribution in [0, 0.1) is 5.92 Å². The molecule has 92 valence electrons. The van der Waals surface area contributed by atoms with Gasteiger partial charge in [-0.2, -0.15) is 5.10 Å². The van der Waals surface area contributed by atoms with Gasteiger partial charge < -0.3 is 5.32 Å². The number of amides is 1. The normalized spacial score (nSPS) is 14.4. The Hall–Kier alpha value is -2.17. The van der Waals surface area contributed by atoms with E-state index in [2.05, 4.69) is 20.5 Å². The van der Waals surface area contributed by atoms with E-state index in [9.17, 15) is 4.79 Å². The first-order chi connectivity index (χ1) is 8.83. The van der Waals surface area contributed by atoms with Crippen molar-refractivity contribution in [3.63, 3.8) is 0 Å². The summed E-state index contributed by atoms with van der Waals surface area (Å²) in [6.45, 7) is 0.766. The van der Waals surface area contributed by atoms with Crippen molar-refractivity contribution in [2.24, 2.45) is 5.92 Å². The van der Waals surface area contributed by atoms with Crippen molar-refractivity contribution in [1.82, 2.24) is 20.5 Å². The predicted octanol–water partition coefficient (Wildman–Crippen LogP) is 1.61. The van der Waals surface area contributed by atoms with Crippen LogP contribution in [0.3, 0.4) is 0 Å². The van der Waals surface area contributed by atoms with Crippen LogP contribution in [-0.2, 0) is 0 Å². The summed E-state index contributed by atoms with van der Waals surface area (Å²) in [5.74, 6) is 0.589. The van der Waals surface area contributed by atoms with Gasteiger partial charge in [-0.05, 0) is 37.0 Å². The number of carbonyl (C=O) groups excluding carboxylic acids is 1. The lowest BCUT2D eigenvalue weighted by Crippen LogP contribution is -2.25. The molecule has 2 heterocycles. The molecule has 2 aromatic heterocycles. The third kappa shape index (κ3) is 2.40. The highest BCUT2D eigenvalue weighted by molar-refractivity contribution is 5.93. The molecule has 18 heavy (non-hydrogen) atoms. The summed E-state index contributed by atoms with van der Waals surface area (Å²) < 4.78 is 0. The second-order valence-corrected chi connectivity index (χ2v) is 4.56. The third-order valence-electron chi connectivity index (χ3n) is 3.05. The number of pyridine rings is 1. The first kappa shape index (κ1) is 11.0. The van der Waals surface area contributed by atoms with Gasteiger partial charge in [0.2, 0.25) is 0 Å². The minimum absolute atomic E-state index is 0.0882. The monoisotopic (exact) mass is 242 g/mol. The molecule has 1 aliphatic carbocycles. The van der Waals surface area contributed by atoms with Crippen molar-refractivity contribution < 1.29 is 4.79 Å². The molecule has 5 heteroatoms. The van der Waals surface area contributed by atoms with Gasteiger partial charge in [0.15, 0.2) is 0 Å². The smallest absolute Gasteiger partial charge is 0.269 e. The van der Waals surface area contributed by atoms with Crippen LogP contribution in [0.1, 0.15) is 23.3 Å². The van der Waals surface area contributed by atoms with Gasteiger partial charge in [-0.25, -0.2) is 0 Å². The van der Waals surface area contributed by atoms with Crippen molar-refractivity contribution in [3.8, 4) is 11.3 Å². The molecule has 1 fully saturated rings. The Morgan fingerprint density at radius 2 is 2.17 bits per heavy atom. The van der Waals surface area contributed by atoms with Crippen LogP contribution in [0.2, 0.25) is 0 Å². The van der Waals surface area contributed by atoms with Crippen LogP contribution in [0.4, 0.5) is 0 Å². The van der Waals surface area contributed by atoms with E-state index in [-0.39, 0.29) is 5.91 Å². The number of hydrogen-bond acceptors (Lipinski definition) is 3. The second kappa shape index (κ2) is 4.60. The average Bonchev–Trinajstić information content (AvgIpc) is 3.11. The maximum Gasteiger partial charge on any atom is 0.269 e. The van der Waals surface area contributed by atoms with E-state index < -0.39 is 0 Å². The van der Waals surface area contributed by atoms with Crippen LogP contribution in [-0.4, -0.2) is 27.6 Å². The molecule has 1 amide bonds. The molecule has 1 aliphatic rings. The molecular weight excluding hydrogens is 228 g/mol. The molecule has 2 N–H and O–H groups in total. The van der Waals surface area contributed by atoms with E-state index in [0.717, 1.165) is 17.8 Å². The van der Waals surface area contributed by atoms with Gasteiger partial charge in [-0.15, -0.1) is 0 Å². The van der Waals surface area contributed by atoms with Crippen LogP contribution < -0.4 is 5.32 Å². The number of H-pyrrole nitrogens is 1. The van der Waals surface area contributed by atoms with Crippen molar-refractivity contribution in [2.45, 2.75) is 12.8 Å². The number of aromatic nitrogens is 3. The zero-order chi connectivity index (χ0) is 12.4. The summed E-state index contributed by atoms with van der Waals surface area (Å²) in [5.41, 5.74) is 2.21. The van der Waals surface area contributed by atoms with E-state index in [1.807, 2.05) is 12.1 Å². The molecule has 1 saturated carbocycles. The molecule has 0 unspecified atom stereocenters. The molecule has 3 rings (SSSR count). The van der Waals surface area contributed by atoms with Crippen molar-refractivity contribution >= 4 is 5.91 Å². The highest BCUT2D eigenvalue weighted by atomic mass is 16.1. The quantitative estimate of drug-likeness (QED) is 0.855. The largest absolute Gasteiger partial charge is 0.350 e. The number of nitrogens with one attached hydrogen (secondary N) is 2. The minimum atomic E-state index is -0.0882. The molecule has 0 spiro atoms. The van der Waals surface area contributed by atoms with Gasteiger partial charge in [0.05, 0.1) is 5.69 Å². The summed E-state index contributed by atoms with van der Waals surface area (Å²) in [6, 6.07) is 5.49. The first-order valence-corrected chi connectivity index (χ1v) is 6.07. The van der Waals surface area contributed by atoms with Gasteiger partial charge in [-0.3, -0.25) is 14.9 Å². The molecule has 5 nitrogen and oxygen atoms in total. The molecule has 2 aromatic rings. The number of nitrogens with zero attached hydrogens (tertiary/aromatic N) is 2. The minimum Gasteiger partial charge on any atom is -0.350 e. The van der Waals surface area contributed by atoms with Gasteiger partial charge in [-0.1, -0.05) is 0 Å². The van der Waals surface area contributed by atoms with Gasteiger partial charge in [0.25, 0.3) is 5.91 Å². The maximum atomic E-state index is 11.8. The van der Waals surface area contributed by atoms with Crippen LogP contribution in [0.5, 0.6) is 0 Å². The summed E-state index contributed by atoms with van der Waals surface area (Å²) in [5, 5.41) is 9.81. The Morgan fingerprint density at radius 3 is 2.89 bits per heavy atom. The van der Waals surface area contributed by atoms with E-state index in [4.69, 9.17) is 0 Å². The molecule has 0 saturated heterocycles. The van der Waals surface area contributed by atoms with Crippen molar-refractivity contribution in [3.05, 3.63) is 36.3 Å². The predicted molar refractivity (Wildman–Crippen MR) is 66.9 cm³/mol. The summed E-state index contributed by atoms with van der Waals surface area (Å²) >= 11 is 0. The van der Waals surface area contributed by atoms with Crippen LogP contribution in [0.25, 0.3) is 11.3 Å². The van der Waals surface area contributed by atoms with Gasteiger partial charge in [0, 0.05) is 24.5 Å². The molecule has 0 bridgehead atoms. The number of aromatic amines is 1. The first-order valence-electron chi connectivity index (χ1n) is 6.07. The van der Waals surface area contributed by atoms with Gasteiger partial charge in [0.1, 0.15) is 5.69 Å². The average molecular weight is 242 g/mol.